The molecule has 0 radical (unpaired) electrons. The van der Waals surface area contributed by atoms with Gasteiger partial charge in [0.2, 0.25) is 0 Å². The monoisotopic (exact) mass is 328 g/mol. The molecule has 24 heavy (non-hydrogen) atoms. The molecule has 0 heterocycles. The summed E-state index contributed by atoms with van der Waals surface area (Å²) in [6.07, 6.45) is 0. The molecule has 0 aliphatic heterocycles. The molecular weight excluding hydrogens is 308 g/mol. The van der Waals surface area contributed by atoms with Gasteiger partial charge in [-0.15, -0.1) is 0 Å². The number of hydrogen-bond donors (Lipinski definition) is 2. The summed E-state index contributed by atoms with van der Waals surface area (Å²) in [4.78, 5) is 23.1. The van der Waals surface area contributed by atoms with Crippen LogP contribution in [0.5, 0.6) is 5.75 Å². The fourth-order valence-electron chi connectivity index (χ4n) is 2.00. The van der Waals surface area contributed by atoms with E-state index in [0.717, 1.165) is 11.1 Å². The van der Waals surface area contributed by atoms with E-state index in [1.54, 1.807) is 13.0 Å². The third-order valence-electron chi connectivity index (χ3n) is 3.11. The first-order chi connectivity index (χ1) is 11.7. The number of rotatable bonds is 7. The van der Waals surface area contributed by atoms with E-state index in [-0.39, 0.29) is 13.2 Å². The van der Waals surface area contributed by atoms with Crippen molar-refractivity contribution in [2.24, 2.45) is 0 Å². The van der Waals surface area contributed by atoms with Crippen LogP contribution in [0.3, 0.4) is 0 Å². The molecule has 2 N–H and O–H groups in total. The molecule has 0 unspecified atom stereocenters. The van der Waals surface area contributed by atoms with Gasteiger partial charge in [-0.2, -0.15) is 0 Å². The summed E-state index contributed by atoms with van der Waals surface area (Å²) in [6, 6.07) is 17.2. The molecule has 0 aliphatic rings. The number of ether oxygens (including phenoxy) is 2. The normalized spacial score (nSPS) is 10.0. The van der Waals surface area contributed by atoms with Crippen LogP contribution in [0.2, 0.25) is 0 Å². The second-order valence-electron chi connectivity index (χ2n) is 4.88. The van der Waals surface area contributed by atoms with Crippen molar-refractivity contribution in [1.82, 2.24) is 10.9 Å². The van der Waals surface area contributed by atoms with Gasteiger partial charge in [0.25, 0.3) is 11.8 Å². The lowest BCUT2D eigenvalue weighted by molar-refractivity contribution is -0.132. The van der Waals surface area contributed by atoms with E-state index in [0.29, 0.717) is 12.4 Å². The minimum absolute atomic E-state index is 0.103. The number of carbonyl (C=O) groups is 2. The van der Waals surface area contributed by atoms with E-state index in [4.69, 9.17) is 9.47 Å². The van der Waals surface area contributed by atoms with Crippen LogP contribution >= 0.6 is 0 Å². The van der Waals surface area contributed by atoms with Crippen molar-refractivity contribution >= 4 is 11.8 Å². The Bertz CT molecular complexity index is 674. The maximum atomic E-state index is 11.8. The van der Waals surface area contributed by atoms with Gasteiger partial charge in [-0.1, -0.05) is 48.5 Å². The van der Waals surface area contributed by atoms with Crippen LogP contribution in [-0.4, -0.2) is 31.6 Å². The predicted octanol–water partition coefficient (Wildman–Crippen LogP) is 1.92. The van der Waals surface area contributed by atoms with Crippen molar-refractivity contribution in [3.05, 3.63) is 54.6 Å². The van der Waals surface area contributed by atoms with Crippen LogP contribution in [0.4, 0.5) is 0 Å². The summed E-state index contributed by atoms with van der Waals surface area (Å²) in [6.45, 7) is 1.90. The largest absolute Gasteiger partial charge is 0.483 e. The number of para-hydroxylation sites is 1. The quantitative estimate of drug-likeness (QED) is 0.761. The van der Waals surface area contributed by atoms with E-state index in [2.05, 4.69) is 10.9 Å². The number of hydrogen-bond acceptors (Lipinski definition) is 4. The fourth-order valence-corrected chi connectivity index (χ4v) is 2.00. The van der Waals surface area contributed by atoms with Gasteiger partial charge < -0.3 is 9.47 Å². The highest BCUT2D eigenvalue weighted by atomic mass is 16.5. The Hall–Kier alpha value is -2.86. The summed E-state index contributed by atoms with van der Waals surface area (Å²) >= 11 is 0. The Morgan fingerprint density at radius 1 is 0.875 bits per heavy atom. The molecule has 0 fully saturated rings. The van der Waals surface area contributed by atoms with E-state index in [9.17, 15) is 9.59 Å². The molecule has 0 atom stereocenters. The van der Waals surface area contributed by atoms with Gasteiger partial charge in [0, 0.05) is 12.2 Å². The van der Waals surface area contributed by atoms with Crippen LogP contribution in [0.1, 0.15) is 6.92 Å². The molecule has 2 aromatic carbocycles. The molecule has 0 bridgehead atoms. The van der Waals surface area contributed by atoms with Crippen molar-refractivity contribution in [1.29, 1.82) is 0 Å². The van der Waals surface area contributed by atoms with E-state index < -0.39 is 11.8 Å². The Kier molecular flexibility index (Phi) is 6.79. The molecule has 2 aromatic rings. The molecule has 2 amide bonds. The highest BCUT2D eigenvalue weighted by molar-refractivity contribution is 5.83. The molecule has 0 aromatic heterocycles. The van der Waals surface area contributed by atoms with Gasteiger partial charge in [-0.3, -0.25) is 20.4 Å². The minimum Gasteiger partial charge on any atom is -0.483 e. The Morgan fingerprint density at radius 3 is 2.21 bits per heavy atom. The van der Waals surface area contributed by atoms with Crippen molar-refractivity contribution in [2.75, 3.05) is 19.8 Å². The number of amides is 2. The topological polar surface area (TPSA) is 76.7 Å². The van der Waals surface area contributed by atoms with Crippen molar-refractivity contribution in [3.63, 3.8) is 0 Å². The van der Waals surface area contributed by atoms with Crippen LogP contribution in [0.25, 0.3) is 11.1 Å². The summed E-state index contributed by atoms with van der Waals surface area (Å²) < 4.78 is 10.5. The number of carbonyl (C=O) groups excluding carboxylic acids is 2. The van der Waals surface area contributed by atoms with Crippen molar-refractivity contribution in [2.45, 2.75) is 6.92 Å². The molecule has 126 valence electrons. The lowest BCUT2D eigenvalue weighted by Gasteiger charge is -2.12. The van der Waals surface area contributed by atoms with Gasteiger partial charge >= 0.3 is 0 Å². The molecule has 6 heteroatoms. The van der Waals surface area contributed by atoms with Crippen molar-refractivity contribution < 1.29 is 19.1 Å². The van der Waals surface area contributed by atoms with Crippen molar-refractivity contribution in [3.8, 4) is 16.9 Å². The number of hydrazine groups is 1. The highest BCUT2D eigenvalue weighted by Crippen LogP contribution is 2.29. The molecule has 2 rings (SSSR count). The van der Waals surface area contributed by atoms with Crippen LogP contribution in [0.15, 0.2) is 54.6 Å². The van der Waals surface area contributed by atoms with Crippen LogP contribution < -0.4 is 15.6 Å². The van der Waals surface area contributed by atoms with Gasteiger partial charge in [-0.25, -0.2) is 0 Å². The first-order valence-corrected chi connectivity index (χ1v) is 7.63. The second-order valence-corrected chi connectivity index (χ2v) is 4.88. The zero-order valence-electron chi connectivity index (χ0n) is 13.5. The summed E-state index contributed by atoms with van der Waals surface area (Å²) in [5.74, 6) is -0.280. The van der Waals surface area contributed by atoms with Gasteiger partial charge in [0.05, 0.1) is 0 Å². The first kappa shape index (κ1) is 17.5. The molecule has 0 spiro atoms. The van der Waals surface area contributed by atoms with E-state index in [1.165, 1.54) is 0 Å². The molecule has 6 nitrogen and oxygen atoms in total. The average Bonchev–Trinajstić information content (AvgIpc) is 2.64. The van der Waals surface area contributed by atoms with E-state index in [1.807, 2.05) is 48.5 Å². The SMILES string of the molecule is CCOCC(=O)NNC(=O)COc1ccccc1-c1ccccc1. The Labute approximate surface area is 140 Å². The van der Waals surface area contributed by atoms with Crippen LogP contribution in [0, 0.1) is 0 Å². The molecule has 0 saturated carbocycles. The predicted molar refractivity (Wildman–Crippen MR) is 90.2 cm³/mol. The van der Waals surface area contributed by atoms with E-state index >= 15 is 0 Å². The standard InChI is InChI=1S/C18H20N2O4/c1-2-23-12-17(21)19-20-18(22)13-24-16-11-7-6-10-15(16)14-8-4-3-5-9-14/h3-11H,2,12-13H2,1H3,(H,19,21)(H,20,22). The Morgan fingerprint density at radius 2 is 1.50 bits per heavy atom. The Balaban J connectivity index is 1.88. The lowest BCUT2D eigenvalue weighted by Crippen LogP contribution is -2.45. The molecular formula is C18H20N2O4. The summed E-state index contributed by atoms with van der Waals surface area (Å²) in [5, 5.41) is 0. The summed E-state index contributed by atoms with van der Waals surface area (Å²) in [7, 11) is 0. The third-order valence-corrected chi connectivity index (χ3v) is 3.11. The number of nitrogens with one attached hydrogen (secondary N) is 2. The van der Waals surface area contributed by atoms with Gasteiger partial charge in [-0.05, 0) is 18.6 Å². The minimum atomic E-state index is -0.456. The van der Waals surface area contributed by atoms with Crippen LogP contribution in [-0.2, 0) is 14.3 Å². The second kappa shape index (κ2) is 9.32. The zero-order chi connectivity index (χ0) is 17.2. The summed E-state index contributed by atoms with van der Waals surface area (Å²) in [5.41, 5.74) is 6.43. The number of benzene rings is 2. The fraction of sp³-hybridized carbons (Fsp3) is 0.222. The molecule has 0 aliphatic carbocycles. The van der Waals surface area contributed by atoms with Gasteiger partial charge in [0.1, 0.15) is 12.4 Å². The maximum absolute atomic E-state index is 11.8. The molecule has 0 saturated heterocycles. The first-order valence-electron chi connectivity index (χ1n) is 7.63. The maximum Gasteiger partial charge on any atom is 0.276 e. The third kappa shape index (κ3) is 5.40. The average molecular weight is 328 g/mol. The lowest BCUT2D eigenvalue weighted by atomic mass is 10.1. The smallest absolute Gasteiger partial charge is 0.276 e. The highest BCUT2D eigenvalue weighted by Gasteiger charge is 2.09. The zero-order valence-corrected chi connectivity index (χ0v) is 13.5. The van der Waals surface area contributed by atoms with Gasteiger partial charge in [0.15, 0.2) is 6.61 Å².